The van der Waals surface area contributed by atoms with Crippen LogP contribution in [0.2, 0.25) is 0 Å². The van der Waals surface area contributed by atoms with Gasteiger partial charge in [0.25, 0.3) is 0 Å². The third-order valence-corrected chi connectivity index (χ3v) is 4.71. The maximum Gasteiger partial charge on any atom is 0.417 e. The van der Waals surface area contributed by atoms with Crippen molar-refractivity contribution < 1.29 is 40.2 Å². The molecule has 0 aliphatic carbocycles. The standard InChI is InChI=1S/C20H18F7NO2/c1-11(14-3-2-4-15(19(22,23)24)16(14)20(25,26)27)30-18-17(28-9-10-29-18)12-5-7-13(21)8-6-12/h2-8,11,17-18,28H,9-10H2,1H3/t11-,17+,18-/m1/s1. The second-order valence-corrected chi connectivity index (χ2v) is 6.77. The zero-order chi connectivity index (χ0) is 22.1. The van der Waals surface area contributed by atoms with Crippen molar-refractivity contribution in [2.45, 2.75) is 37.7 Å². The minimum atomic E-state index is -5.24. The van der Waals surface area contributed by atoms with E-state index in [-0.39, 0.29) is 6.61 Å². The summed E-state index contributed by atoms with van der Waals surface area (Å²) in [5.74, 6) is -0.472. The molecule has 10 heteroatoms. The van der Waals surface area contributed by atoms with Crippen molar-refractivity contribution in [1.29, 1.82) is 0 Å². The predicted octanol–water partition coefficient (Wildman–Crippen LogP) is 5.63. The number of hydrogen-bond acceptors (Lipinski definition) is 3. The van der Waals surface area contributed by atoms with Crippen LogP contribution < -0.4 is 5.32 Å². The molecule has 1 N–H and O–H groups in total. The van der Waals surface area contributed by atoms with E-state index in [0.29, 0.717) is 18.2 Å². The second-order valence-electron chi connectivity index (χ2n) is 6.77. The van der Waals surface area contributed by atoms with Gasteiger partial charge in [0.2, 0.25) is 0 Å². The lowest BCUT2D eigenvalue weighted by Crippen LogP contribution is -2.43. The summed E-state index contributed by atoms with van der Waals surface area (Å²) in [6.07, 6.45) is -12.9. The summed E-state index contributed by atoms with van der Waals surface area (Å²) in [6, 6.07) is 6.96. The van der Waals surface area contributed by atoms with Crippen molar-refractivity contribution in [1.82, 2.24) is 5.32 Å². The van der Waals surface area contributed by atoms with E-state index in [1.807, 2.05) is 0 Å². The fourth-order valence-corrected chi connectivity index (χ4v) is 3.38. The Balaban J connectivity index is 1.92. The Morgan fingerprint density at radius 2 is 1.67 bits per heavy atom. The lowest BCUT2D eigenvalue weighted by atomic mass is 9.96. The fourth-order valence-electron chi connectivity index (χ4n) is 3.38. The average molecular weight is 437 g/mol. The van der Waals surface area contributed by atoms with Gasteiger partial charge in [0.15, 0.2) is 6.29 Å². The Hall–Kier alpha value is -2.17. The fraction of sp³-hybridized carbons (Fsp3) is 0.400. The van der Waals surface area contributed by atoms with Crippen molar-refractivity contribution in [3.8, 4) is 0 Å². The molecule has 1 fully saturated rings. The van der Waals surface area contributed by atoms with Gasteiger partial charge < -0.3 is 14.8 Å². The van der Waals surface area contributed by atoms with E-state index in [4.69, 9.17) is 9.47 Å². The largest absolute Gasteiger partial charge is 0.417 e. The first-order chi connectivity index (χ1) is 14.0. The van der Waals surface area contributed by atoms with Crippen LogP contribution in [0.25, 0.3) is 0 Å². The number of ether oxygens (including phenoxy) is 2. The Morgan fingerprint density at radius 1 is 1.00 bits per heavy atom. The van der Waals surface area contributed by atoms with Crippen LogP contribution >= 0.6 is 0 Å². The van der Waals surface area contributed by atoms with Crippen LogP contribution in [0.1, 0.15) is 41.3 Å². The molecule has 3 rings (SSSR count). The highest BCUT2D eigenvalue weighted by atomic mass is 19.4. The minimum Gasteiger partial charge on any atom is -0.349 e. The zero-order valence-electron chi connectivity index (χ0n) is 15.6. The van der Waals surface area contributed by atoms with Crippen LogP contribution in [0.3, 0.4) is 0 Å². The second kappa shape index (κ2) is 8.52. The number of hydrogen-bond donors (Lipinski definition) is 1. The Morgan fingerprint density at radius 3 is 2.27 bits per heavy atom. The van der Waals surface area contributed by atoms with Crippen molar-refractivity contribution in [3.05, 3.63) is 70.5 Å². The number of benzene rings is 2. The summed E-state index contributed by atoms with van der Waals surface area (Å²) in [6.45, 7) is 1.82. The van der Waals surface area contributed by atoms with E-state index >= 15 is 0 Å². The van der Waals surface area contributed by atoms with E-state index in [1.54, 1.807) is 0 Å². The van der Waals surface area contributed by atoms with Crippen molar-refractivity contribution >= 4 is 0 Å². The molecule has 0 unspecified atom stereocenters. The average Bonchev–Trinajstić information content (AvgIpc) is 2.67. The molecule has 0 radical (unpaired) electrons. The highest BCUT2D eigenvalue weighted by Gasteiger charge is 2.45. The molecule has 30 heavy (non-hydrogen) atoms. The molecular weight excluding hydrogens is 419 g/mol. The Labute approximate surface area is 167 Å². The molecule has 1 aliphatic rings. The molecule has 1 saturated heterocycles. The number of nitrogens with one attached hydrogen (secondary N) is 1. The van der Waals surface area contributed by atoms with Crippen LogP contribution in [0.5, 0.6) is 0 Å². The summed E-state index contributed by atoms with van der Waals surface area (Å²) in [5.41, 5.74) is -3.65. The van der Waals surface area contributed by atoms with E-state index in [1.165, 1.54) is 31.2 Å². The first kappa shape index (κ1) is 22.5. The van der Waals surface area contributed by atoms with Gasteiger partial charge in [0, 0.05) is 6.54 Å². The SMILES string of the molecule is C[C@@H](O[C@H]1OCCN[C@H]1c1ccc(F)cc1)c1cccc(C(F)(F)F)c1C(F)(F)F. The van der Waals surface area contributed by atoms with Gasteiger partial charge in [-0.3, -0.25) is 0 Å². The van der Waals surface area contributed by atoms with E-state index in [0.717, 1.165) is 12.1 Å². The molecule has 3 atom stereocenters. The molecule has 0 bridgehead atoms. The van der Waals surface area contributed by atoms with Crippen molar-refractivity contribution in [2.24, 2.45) is 0 Å². The summed E-state index contributed by atoms with van der Waals surface area (Å²) >= 11 is 0. The van der Waals surface area contributed by atoms with Crippen LogP contribution in [0.4, 0.5) is 30.7 Å². The van der Waals surface area contributed by atoms with Gasteiger partial charge in [-0.1, -0.05) is 24.3 Å². The number of morpholine rings is 1. The molecular formula is C20H18F7NO2. The van der Waals surface area contributed by atoms with Gasteiger partial charge in [0.05, 0.1) is 29.9 Å². The van der Waals surface area contributed by atoms with Crippen LogP contribution in [0, 0.1) is 5.82 Å². The number of alkyl halides is 6. The highest BCUT2D eigenvalue weighted by molar-refractivity contribution is 5.40. The van der Waals surface area contributed by atoms with Gasteiger partial charge in [-0.15, -0.1) is 0 Å². The van der Waals surface area contributed by atoms with Crippen molar-refractivity contribution in [3.63, 3.8) is 0 Å². The van der Waals surface area contributed by atoms with Crippen molar-refractivity contribution in [2.75, 3.05) is 13.2 Å². The van der Waals surface area contributed by atoms with Crippen LogP contribution in [-0.4, -0.2) is 19.4 Å². The van der Waals surface area contributed by atoms with Gasteiger partial charge in [-0.25, -0.2) is 4.39 Å². The van der Waals surface area contributed by atoms with Crippen LogP contribution in [0.15, 0.2) is 42.5 Å². The lowest BCUT2D eigenvalue weighted by molar-refractivity contribution is -0.202. The number of halogens is 7. The predicted molar refractivity (Wildman–Crippen MR) is 92.8 cm³/mol. The summed E-state index contributed by atoms with van der Waals surface area (Å²) in [4.78, 5) is 0. The maximum atomic E-state index is 13.5. The first-order valence-corrected chi connectivity index (χ1v) is 9.01. The molecule has 2 aromatic carbocycles. The summed E-state index contributed by atoms with van der Waals surface area (Å²) in [5, 5.41) is 3.07. The zero-order valence-corrected chi connectivity index (χ0v) is 15.6. The maximum absolute atomic E-state index is 13.5. The molecule has 164 valence electrons. The third-order valence-electron chi connectivity index (χ3n) is 4.71. The monoisotopic (exact) mass is 437 g/mol. The smallest absolute Gasteiger partial charge is 0.349 e. The van der Waals surface area contributed by atoms with Crippen LogP contribution in [-0.2, 0) is 21.8 Å². The Kier molecular flexibility index (Phi) is 6.40. The molecule has 1 heterocycles. The molecule has 1 aliphatic heterocycles. The van der Waals surface area contributed by atoms with Gasteiger partial charge >= 0.3 is 12.4 Å². The van der Waals surface area contributed by atoms with Gasteiger partial charge in [-0.2, -0.15) is 26.3 Å². The van der Waals surface area contributed by atoms with E-state index in [9.17, 15) is 30.7 Å². The highest BCUT2D eigenvalue weighted by Crippen LogP contribution is 2.44. The molecule has 0 spiro atoms. The molecule has 2 aromatic rings. The summed E-state index contributed by atoms with van der Waals surface area (Å²) in [7, 11) is 0. The van der Waals surface area contributed by atoms with Gasteiger partial charge in [0.1, 0.15) is 5.82 Å². The molecule has 3 nitrogen and oxygen atoms in total. The Bertz CT molecular complexity index is 865. The van der Waals surface area contributed by atoms with E-state index in [2.05, 4.69) is 5.32 Å². The molecule has 0 aromatic heterocycles. The third kappa shape index (κ3) is 4.93. The first-order valence-electron chi connectivity index (χ1n) is 9.01. The summed E-state index contributed by atoms with van der Waals surface area (Å²) < 4.78 is 104. The molecule has 0 saturated carbocycles. The number of rotatable bonds is 4. The molecule has 0 amide bonds. The topological polar surface area (TPSA) is 30.5 Å². The normalized spacial score (nSPS) is 21.5. The quantitative estimate of drug-likeness (QED) is 0.630. The van der Waals surface area contributed by atoms with Gasteiger partial charge in [-0.05, 0) is 36.2 Å². The van der Waals surface area contributed by atoms with E-state index < -0.39 is 53.3 Å². The minimum absolute atomic E-state index is 0.184. The lowest BCUT2D eigenvalue weighted by Gasteiger charge is -2.35.